The lowest BCUT2D eigenvalue weighted by molar-refractivity contribution is 0.00652. The number of morpholine rings is 1. The molecule has 0 spiro atoms. The molecule has 2 saturated carbocycles. The van der Waals surface area contributed by atoms with Crippen LogP contribution in [0, 0.1) is 17.8 Å². The van der Waals surface area contributed by atoms with Gasteiger partial charge in [-0.05, 0) is 73.1 Å². The lowest BCUT2D eigenvalue weighted by Gasteiger charge is -2.39. The van der Waals surface area contributed by atoms with Crippen LogP contribution in [0.2, 0.25) is 0 Å². The fraction of sp³-hybridized carbons (Fsp3) is 0.741. The predicted molar refractivity (Wildman–Crippen MR) is 128 cm³/mol. The summed E-state index contributed by atoms with van der Waals surface area (Å²) in [5.41, 5.74) is 2.24. The highest BCUT2D eigenvalue weighted by molar-refractivity contribution is 5.94. The average molecular weight is 440 g/mol. The fourth-order valence-electron chi connectivity index (χ4n) is 6.30. The SMILES string of the molecule is CC(C)(C)c1ccc(C(=O)N2CC3C(CNC4CCC(N5CCOCC5)CC4)C3C2)cc1. The first kappa shape index (κ1) is 22.4. The molecule has 2 aliphatic heterocycles. The number of hydrogen-bond donors (Lipinski definition) is 1. The average Bonchev–Trinajstić information content (AvgIpc) is 3.26. The first-order valence-electron chi connectivity index (χ1n) is 12.8. The van der Waals surface area contributed by atoms with Gasteiger partial charge in [0.25, 0.3) is 5.91 Å². The first-order valence-corrected chi connectivity index (χ1v) is 12.8. The molecule has 2 atom stereocenters. The minimum Gasteiger partial charge on any atom is -0.379 e. The van der Waals surface area contributed by atoms with E-state index in [9.17, 15) is 4.79 Å². The number of carbonyl (C=O) groups excluding carboxylic acids is 1. The summed E-state index contributed by atoms with van der Waals surface area (Å²) in [6, 6.07) is 9.72. The summed E-state index contributed by atoms with van der Waals surface area (Å²) in [4.78, 5) is 17.7. The van der Waals surface area contributed by atoms with Crippen LogP contribution in [-0.4, -0.2) is 73.7 Å². The maximum absolute atomic E-state index is 12.9. The normalized spacial score (nSPS) is 33.2. The molecule has 2 aliphatic carbocycles. The van der Waals surface area contributed by atoms with Crippen LogP contribution in [0.5, 0.6) is 0 Å². The molecule has 32 heavy (non-hydrogen) atoms. The second-order valence-electron chi connectivity index (χ2n) is 11.6. The van der Waals surface area contributed by atoms with Crippen molar-refractivity contribution >= 4 is 5.91 Å². The quantitative estimate of drug-likeness (QED) is 0.762. The van der Waals surface area contributed by atoms with Gasteiger partial charge in [0.2, 0.25) is 0 Å². The number of hydrogen-bond acceptors (Lipinski definition) is 4. The molecular weight excluding hydrogens is 398 g/mol. The molecule has 0 bridgehead atoms. The molecule has 2 unspecified atom stereocenters. The van der Waals surface area contributed by atoms with Crippen molar-refractivity contribution in [2.24, 2.45) is 17.8 Å². The van der Waals surface area contributed by atoms with E-state index in [-0.39, 0.29) is 11.3 Å². The van der Waals surface area contributed by atoms with Gasteiger partial charge in [0, 0.05) is 43.8 Å². The molecule has 5 heteroatoms. The number of carbonyl (C=O) groups is 1. The van der Waals surface area contributed by atoms with Crippen molar-refractivity contribution in [3.05, 3.63) is 35.4 Å². The topological polar surface area (TPSA) is 44.8 Å². The maximum Gasteiger partial charge on any atom is 0.253 e. The van der Waals surface area contributed by atoms with Crippen molar-refractivity contribution in [1.29, 1.82) is 0 Å². The summed E-state index contributed by atoms with van der Waals surface area (Å²) in [6.07, 6.45) is 5.26. The van der Waals surface area contributed by atoms with Gasteiger partial charge in [-0.2, -0.15) is 0 Å². The molecule has 2 saturated heterocycles. The van der Waals surface area contributed by atoms with Gasteiger partial charge in [-0.15, -0.1) is 0 Å². The van der Waals surface area contributed by atoms with Crippen molar-refractivity contribution in [3.63, 3.8) is 0 Å². The Bertz CT molecular complexity index is 776. The maximum atomic E-state index is 12.9. The third kappa shape index (κ3) is 4.76. The zero-order chi connectivity index (χ0) is 22.3. The molecule has 0 radical (unpaired) electrons. The van der Waals surface area contributed by atoms with E-state index in [2.05, 4.69) is 48.0 Å². The highest BCUT2D eigenvalue weighted by Gasteiger charge is 2.56. The van der Waals surface area contributed by atoms with E-state index in [1.54, 1.807) is 0 Å². The van der Waals surface area contributed by atoms with E-state index < -0.39 is 0 Å². The number of piperidine rings is 1. The number of ether oxygens (including phenoxy) is 1. The van der Waals surface area contributed by atoms with E-state index in [1.807, 2.05) is 12.1 Å². The number of rotatable bonds is 5. The third-order valence-electron chi connectivity index (χ3n) is 8.56. The van der Waals surface area contributed by atoms with Crippen molar-refractivity contribution in [2.75, 3.05) is 45.9 Å². The zero-order valence-corrected chi connectivity index (χ0v) is 20.2. The van der Waals surface area contributed by atoms with E-state index in [0.717, 1.165) is 63.5 Å². The summed E-state index contributed by atoms with van der Waals surface area (Å²) in [6.45, 7) is 13.7. The van der Waals surface area contributed by atoms with Gasteiger partial charge in [-0.1, -0.05) is 32.9 Å². The van der Waals surface area contributed by atoms with Crippen molar-refractivity contribution in [3.8, 4) is 0 Å². The van der Waals surface area contributed by atoms with Gasteiger partial charge in [0.15, 0.2) is 0 Å². The first-order chi connectivity index (χ1) is 15.4. The molecule has 1 amide bonds. The van der Waals surface area contributed by atoms with Crippen molar-refractivity contribution in [2.45, 2.75) is 64.0 Å². The molecule has 1 aromatic rings. The molecule has 2 heterocycles. The molecule has 176 valence electrons. The Balaban J connectivity index is 1.03. The van der Waals surface area contributed by atoms with Gasteiger partial charge in [-0.3, -0.25) is 9.69 Å². The third-order valence-corrected chi connectivity index (χ3v) is 8.56. The number of fused-ring (bicyclic) bond motifs is 1. The number of amides is 1. The Kier molecular flexibility index (Phi) is 6.34. The Morgan fingerprint density at radius 3 is 2.22 bits per heavy atom. The zero-order valence-electron chi connectivity index (χ0n) is 20.2. The molecule has 5 nitrogen and oxygen atoms in total. The van der Waals surface area contributed by atoms with Crippen molar-refractivity contribution in [1.82, 2.24) is 15.1 Å². The fourth-order valence-corrected chi connectivity index (χ4v) is 6.30. The van der Waals surface area contributed by atoms with Crippen LogP contribution in [0.3, 0.4) is 0 Å². The van der Waals surface area contributed by atoms with Crippen LogP contribution in [-0.2, 0) is 10.2 Å². The van der Waals surface area contributed by atoms with Gasteiger partial charge in [0.05, 0.1) is 13.2 Å². The van der Waals surface area contributed by atoms with E-state index in [0.29, 0.717) is 17.9 Å². The summed E-state index contributed by atoms with van der Waals surface area (Å²) in [7, 11) is 0. The van der Waals surface area contributed by atoms with E-state index in [4.69, 9.17) is 4.74 Å². The van der Waals surface area contributed by atoms with E-state index in [1.165, 1.54) is 31.2 Å². The summed E-state index contributed by atoms with van der Waals surface area (Å²) < 4.78 is 5.51. The minimum absolute atomic E-state index is 0.124. The van der Waals surface area contributed by atoms with Gasteiger partial charge >= 0.3 is 0 Å². The number of nitrogens with one attached hydrogen (secondary N) is 1. The predicted octanol–water partition coefficient (Wildman–Crippen LogP) is 3.54. The second-order valence-corrected chi connectivity index (χ2v) is 11.6. The lowest BCUT2D eigenvalue weighted by Crippen LogP contribution is -2.47. The van der Waals surface area contributed by atoms with Crippen LogP contribution in [0.4, 0.5) is 0 Å². The van der Waals surface area contributed by atoms with Crippen LogP contribution in [0.25, 0.3) is 0 Å². The standard InChI is InChI=1S/C27H41N3O2/c1-27(2,3)20-6-4-19(5-7-20)26(31)30-17-24-23(25(24)18-30)16-28-21-8-10-22(11-9-21)29-12-14-32-15-13-29/h4-7,21-25,28H,8-18H2,1-3H3. The number of nitrogens with zero attached hydrogens (tertiary/aromatic N) is 2. The Labute approximate surface area is 193 Å². The van der Waals surface area contributed by atoms with E-state index >= 15 is 0 Å². The largest absolute Gasteiger partial charge is 0.379 e. The molecule has 1 N–H and O–H groups in total. The number of benzene rings is 1. The Morgan fingerprint density at radius 1 is 1.00 bits per heavy atom. The molecule has 4 aliphatic rings. The van der Waals surface area contributed by atoms with Gasteiger partial charge < -0.3 is 15.0 Å². The molecular formula is C27H41N3O2. The van der Waals surface area contributed by atoms with Crippen LogP contribution in [0.1, 0.15) is 62.4 Å². The summed E-state index contributed by atoms with van der Waals surface area (Å²) >= 11 is 0. The van der Waals surface area contributed by atoms with Crippen LogP contribution in [0.15, 0.2) is 24.3 Å². The smallest absolute Gasteiger partial charge is 0.253 e. The molecule has 5 rings (SSSR count). The highest BCUT2D eigenvalue weighted by atomic mass is 16.5. The molecule has 4 fully saturated rings. The second kappa shape index (κ2) is 9.08. The lowest BCUT2D eigenvalue weighted by atomic mass is 9.86. The highest BCUT2D eigenvalue weighted by Crippen LogP contribution is 2.51. The van der Waals surface area contributed by atoms with Crippen LogP contribution < -0.4 is 5.32 Å². The Morgan fingerprint density at radius 2 is 1.62 bits per heavy atom. The molecule has 0 aromatic heterocycles. The minimum atomic E-state index is 0.124. The summed E-state index contributed by atoms with van der Waals surface area (Å²) in [5.74, 6) is 2.42. The molecule has 1 aromatic carbocycles. The monoisotopic (exact) mass is 439 g/mol. The number of likely N-dealkylation sites (tertiary alicyclic amines) is 1. The van der Waals surface area contributed by atoms with Gasteiger partial charge in [0.1, 0.15) is 0 Å². The van der Waals surface area contributed by atoms with Crippen molar-refractivity contribution < 1.29 is 9.53 Å². The van der Waals surface area contributed by atoms with Gasteiger partial charge in [-0.25, -0.2) is 0 Å². The van der Waals surface area contributed by atoms with Crippen LogP contribution >= 0.6 is 0 Å². The summed E-state index contributed by atoms with van der Waals surface area (Å²) in [5, 5.41) is 3.89. The Hall–Kier alpha value is -1.43.